The molecule has 1 aliphatic heterocycles. The Morgan fingerprint density at radius 3 is 2.61 bits per heavy atom. The molecule has 0 spiro atoms. The van der Waals surface area contributed by atoms with Crippen molar-refractivity contribution in [3.8, 4) is 0 Å². The van der Waals surface area contributed by atoms with Crippen LogP contribution in [-0.2, 0) is 4.79 Å². The first-order chi connectivity index (χ1) is 8.66. The fraction of sp³-hybridized carbons (Fsp3) is 0.462. The molecule has 1 aliphatic rings. The van der Waals surface area contributed by atoms with Crippen molar-refractivity contribution in [2.24, 2.45) is 0 Å². The first kappa shape index (κ1) is 13.4. The molecular formula is C13H17FN2OS. The first-order valence-electron chi connectivity index (χ1n) is 6.00. The molecule has 0 atom stereocenters. The van der Waals surface area contributed by atoms with Gasteiger partial charge in [0.25, 0.3) is 0 Å². The highest BCUT2D eigenvalue weighted by molar-refractivity contribution is 8.00. The van der Waals surface area contributed by atoms with Crippen LogP contribution in [0.15, 0.2) is 29.2 Å². The summed E-state index contributed by atoms with van der Waals surface area (Å²) in [7, 11) is 2.05. The number of benzene rings is 1. The maximum absolute atomic E-state index is 13.4. The molecule has 1 amide bonds. The third-order valence-electron chi connectivity index (χ3n) is 3.04. The molecule has 5 heteroatoms. The van der Waals surface area contributed by atoms with Crippen molar-refractivity contribution >= 4 is 17.7 Å². The van der Waals surface area contributed by atoms with Gasteiger partial charge in [0.1, 0.15) is 5.82 Å². The lowest BCUT2D eigenvalue weighted by Gasteiger charge is -2.32. The second-order valence-electron chi connectivity index (χ2n) is 4.40. The summed E-state index contributed by atoms with van der Waals surface area (Å²) in [6.45, 7) is 3.37. The Bertz CT molecular complexity index is 419. The lowest BCUT2D eigenvalue weighted by Crippen LogP contribution is -2.47. The van der Waals surface area contributed by atoms with E-state index < -0.39 is 0 Å². The minimum atomic E-state index is -0.256. The lowest BCUT2D eigenvalue weighted by molar-refractivity contribution is -0.129. The summed E-state index contributed by atoms with van der Waals surface area (Å²) in [6, 6.07) is 6.56. The van der Waals surface area contributed by atoms with E-state index in [9.17, 15) is 9.18 Å². The van der Waals surface area contributed by atoms with Gasteiger partial charge in [-0.1, -0.05) is 12.1 Å². The van der Waals surface area contributed by atoms with Gasteiger partial charge in [-0.2, -0.15) is 0 Å². The van der Waals surface area contributed by atoms with E-state index in [4.69, 9.17) is 0 Å². The van der Waals surface area contributed by atoms with Gasteiger partial charge in [-0.25, -0.2) is 4.39 Å². The van der Waals surface area contributed by atoms with Gasteiger partial charge >= 0.3 is 0 Å². The third kappa shape index (κ3) is 3.46. The molecule has 1 saturated heterocycles. The average Bonchev–Trinajstić information content (AvgIpc) is 2.38. The summed E-state index contributed by atoms with van der Waals surface area (Å²) in [6.07, 6.45) is 0. The summed E-state index contributed by atoms with van der Waals surface area (Å²) in [4.78, 5) is 16.6. The summed E-state index contributed by atoms with van der Waals surface area (Å²) >= 11 is 1.27. The summed E-state index contributed by atoms with van der Waals surface area (Å²) in [5, 5.41) is 0. The molecule has 0 bridgehead atoms. The molecule has 1 aromatic carbocycles. The number of carbonyl (C=O) groups excluding carboxylic acids is 1. The van der Waals surface area contributed by atoms with Gasteiger partial charge in [-0.15, -0.1) is 11.8 Å². The second kappa shape index (κ2) is 6.20. The van der Waals surface area contributed by atoms with Crippen molar-refractivity contribution in [2.75, 3.05) is 39.0 Å². The number of likely N-dealkylation sites (N-methyl/N-ethyl adjacent to an activating group) is 1. The first-order valence-corrected chi connectivity index (χ1v) is 6.99. The fourth-order valence-corrected chi connectivity index (χ4v) is 2.69. The van der Waals surface area contributed by atoms with E-state index in [1.54, 1.807) is 18.2 Å². The molecule has 18 heavy (non-hydrogen) atoms. The Morgan fingerprint density at radius 2 is 1.94 bits per heavy atom. The minimum Gasteiger partial charge on any atom is -0.339 e. The van der Waals surface area contributed by atoms with Crippen molar-refractivity contribution in [3.05, 3.63) is 30.1 Å². The lowest BCUT2D eigenvalue weighted by atomic mass is 10.3. The van der Waals surface area contributed by atoms with Gasteiger partial charge in [0.2, 0.25) is 5.91 Å². The van der Waals surface area contributed by atoms with E-state index in [0.29, 0.717) is 10.6 Å². The normalized spacial score (nSPS) is 16.9. The Morgan fingerprint density at radius 1 is 1.28 bits per heavy atom. The van der Waals surface area contributed by atoms with E-state index >= 15 is 0 Å². The van der Waals surface area contributed by atoms with Crippen LogP contribution in [-0.4, -0.2) is 54.7 Å². The van der Waals surface area contributed by atoms with Crippen LogP contribution < -0.4 is 0 Å². The predicted octanol–water partition coefficient (Wildman–Crippen LogP) is 1.69. The smallest absolute Gasteiger partial charge is 0.233 e. The van der Waals surface area contributed by atoms with Gasteiger partial charge in [-0.05, 0) is 19.2 Å². The number of halogens is 1. The molecular weight excluding hydrogens is 251 g/mol. The largest absolute Gasteiger partial charge is 0.339 e. The third-order valence-corrected chi connectivity index (χ3v) is 4.08. The molecule has 0 saturated carbocycles. The van der Waals surface area contributed by atoms with Gasteiger partial charge in [0, 0.05) is 31.1 Å². The Balaban J connectivity index is 1.83. The molecule has 0 aliphatic carbocycles. The van der Waals surface area contributed by atoms with E-state index in [0.717, 1.165) is 26.2 Å². The van der Waals surface area contributed by atoms with Gasteiger partial charge < -0.3 is 9.80 Å². The van der Waals surface area contributed by atoms with E-state index in [1.165, 1.54) is 17.8 Å². The molecule has 3 nitrogen and oxygen atoms in total. The quantitative estimate of drug-likeness (QED) is 0.780. The minimum absolute atomic E-state index is 0.0938. The van der Waals surface area contributed by atoms with Gasteiger partial charge in [-0.3, -0.25) is 4.79 Å². The van der Waals surface area contributed by atoms with Crippen LogP contribution in [0.3, 0.4) is 0 Å². The van der Waals surface area contributed by atoms with Crippen LogP contribution in [0.25, 0.3) is 0 Å². The van der Waals surface area contributed by atoms with Crippen LogP contribution >= 0.6 is 11.8 Å². The summed E-state index contributed by atoms with van der Waals surface area (Å²) in [5.74, 6) is 0.148. The Kier molecular flexibility index (Phi) is 4.60. The van der Waals surface area contributed by atoms with Crippen molar-refractivity contribution in [3.63, 3.8) is 0 Å². The Hall–Kier alpha value is -1.07. The summed E-state index contributed by atoms with van der Waals surface area (Å²) < 4.78 is 13.4. The molecule has 1 fully saturated rings. The highest BCUT2D eigenvalue weighted by Gasteiger charge is 2.19. The molecule has 98 valence electrons. The standard InChI is InChI=1S/C13H17FN2OS/c1-15-6-8-16(9-7-15)13(17)10-18-12-5-3-2-4-11(12)14/h2-5H,6-10H2,1H3. The number of rotatable bonds is 3. The van der Waals surface area contributed by atoms with Crippen molar-refractivity contribution in [2.45, 2.75) is 4.90 Å². The Labute approximate surface area is 111 Å². The number of thioether (sulfide) groups is 1. The van der Waals surface area contributed by atoms with Gasteiger partial charge in [0.05, 0.1) is 5.75 Å². The highest BCUT2D eigenvalue weighted by Crippen LogP contribution is 2.21. The second-order valence-corrected chi connectivity index (χ2v) is 5.42. The topological polar surface area (TPSA) is 23.6 Å². The predicted molar refractivity (Wildman–Crippen MR) is 71.2 cm³/mol. The zero-order valence-electron chi connectivity index (χ0n) is 10.4. The molecule has 1 heterocycles. The van der Waals surface area contributed by atoms with E-state index in [2.05, 4.69) is 11.9 Å². The molecule has 2 rings (SSSR count). The molecule has 0 N–H and O–H groups in total. The van der Waals surface area contributed by atoms with Crippen LogP contribution in [0, 0.1) is 5.82 Å². The maximum atomic E-state index is 13.4. The van der Waals surface area contributed by atoms with E-state index in [-0.39, 0.29) is 11.7 Å². The molecule has 0 aromatic heterocycles. The number of piperazine rings is 1. The SMILES string of the molecule is CN1CCN(C(=O)CSc2ccccc2F)CC1. The van der Waals surface area contributed by atoms with E-state index in [1.807, 2.05) is 4.90 Å². The van der Waals surface area contributed by atoms with Crippen molar-refractivity contribution < 1.29 is 9.18 Å². The van der Waals surface area contributed by atoms with Gasteiger partial charge in [0.15, 0.2) is 0 Å². The zero-order valence-corrected chi connectivity index (χ0v) is 11.3. The highest BCUT2D eigenvalue weighted by atomic mass is 32.2. The molecule has 0 radical (unpaired) electrons. The molecule has 0 unspecified atom stereocenters. The molecule has 1 aromatic rings. The fourth-order valence-electron chi connectivity index (χ4n) is 1.85. The van der Waals surface area contributed by atoms with Crippen molar-refractivity contribution in [1.82, 2.24) is 9.80 Å². The number of hydrogen-bond acceptors (Lipinski definition) is 3. The monoisotopic (exact) mass is 268 g/mol. The number of hydrogen-bond donors (Lipinski definition) is 0. The van der Waals surface area contributed by atoms with Crippen LogP contribution in [0.4, 0.5) is 4.39 Å². The van der Waals surface area contributed by atoms with Crippen LogP contribution in [0.1, 0.15) is 0 Å². The number of nitrogens with zero attached hydrogens (tertiary/aromatic N) is 2. The van der Waals surface area contributed by atoms with Crippen LogP contribution in [0.2, 0.25) is 0 Å². The summed E-state index contributed by atoms with van der Waals surface area (Å²) in [5.41, 5.74) is 0. The average molecular weight is 268 g/mol. The van der Waals surface area contributed by atoms with Crippen LogP contribution in [0.5, 0.6) is 0 Å². The zero-order chi connectivity index (χ0) is 13.0. The van der Waals surface area contributed by atoms with Crippen molar-refractivity contribution in [1.29, 1.82) is 0 Å². The maximum Gasteiger partial charge on any atom is 0.233 e. The number of carbonyl (C=O) groups is 1. The number of amides is 1.